The Morgan fingerprint density at radius 3 is 2.80 bits per heavy atom. The number of benzene rings is 1. The summed E-state index contributed by atoms with van der Waals surface area (Å²) >= 11 is 0. The summed E-state index contributed by atoms with van der Waals surface area (Å²) in [4.78, 5) is 35.4. The number of hydrogen-bond acceptors (Lipinski definition) is 8. The fourth-order valence-electron chi connectivity index (χ4n) is 3.52. The molecule has 3 rings (SSSR count). The SMILES string of the molecule is COC(=O)C1=C(C)NC2(O)COC(=O)C2C1c1ccccc1[N+](=O)[O-]. The first-order valence-electron chi connectivity index (χ1n) is 7.49. The number of carbonyl (C=O) groups excluding carboxylic acids is 2. The molecule has 1 fully saturated rings. The maximum absolute atomic E-state index is 12.3. The molecule has 0 aliphatic carbocycles. The van der Waals surface area contributed by atoms with Crippen LogP contribution in [0, 0.1) is 16.0 Å². The summed E-state index contributed by atoms with van der Waals surface area (Å²) in [6, 6.07) is 5.78. The van der Waals surface area contributed by atoms with Crippen LogP contribution in [0.15, 0.2) is 35.5 Å². The predicted molar refractivity (Wildman–Crippen MR) is 83.1 cm³/mol. The van der Waals surface area contributed by atoms with Crippen LogP contribution in [0.2, 0.25) is 0 Å². The summed E-state index contributed by atoms with van der Waals surface area (Å²) in [6.07, 6.45) is 0. The quantitative estimate of drug-likeness (QED) is 0.461. The second-order valence-corrected chi connectivity index (χ2v) is 5.96. The molecule has 132 valence electrons. The van der Waals surface area contributed by atoms with Gasteiger partial charge in [0.15, 0.2) is 5.72 Å². The first-order valence-corrected chi connectivity index (χ1v) is 7.49. The van der Waals surface area contributed by atoms with Crippen molar-refractivity contribution >= 4 is 17.6 Å². The molecule has 0 aromatic heterocycles. The van der Waals surface area contributed by atoms with Crippen molar-refractivity contribution in [2.45, 2.75) is 18.6 Å². The zero-order valence-corrected chi connectivity index (χ0v) is 13.5. The van der Waals surface area contributed by atoms with E-state index in [2.05, 4.69) is 5.32 Å². The van der Waals surface area contributed by atoms with Crippen LogP contribution >= 0.6 is 0 Å². The van der Waals surface area contributed by atoms with Crippen molar-refractivity contribution < 1.29 is 29.1 Å². The van der Waals surface area contributed by atoms with Crippen molar-refractivity contribution in [3.05, 3.63) is 51.2 Å². The minimum Gasteiger partial charge on any atom is -0.466 e. The van der Waals surface area contributed by atoms with Gasteiger partial charge in [-0.25, -0.2) is 4.79 Å². The van der Waals surface area contributed by atoms with Gasteiger partial charge in [-0.1, -0.05) is 18.2 Å². The molecule has 2 N–H and O–H groups in total. The zero-order valence-electron chi connectivity index (χ0n) is 13.5. The largest absolute Gasteiger partial charge is 0.466 e. The maximum Gasteiger partial charge on any atom is 0.336 e. The van der Waals surface area contributed by atoms with Crippen LogP contribution in [0.25, 0.3) is 0 Å². The average molecular weight is 348 g/mol. The molecule has 0 amide bonds. The molecule has 0 saturated carbocycles. The lowest BCUT2D eigenvalue weighted by atomic mass is 9.72. The van der Waals surface area contributed by atoms with Crippen LogP contribution in [0.4, 0.5) is 5.69 Å². The number of nitrogens with zero attached hydrogens (tertiary/aromatic N) is 1. The van der Waals surface area contributed by atoms with Crippen molar-refractivity contribution in [2.24, 2.45) is 5.92 Å². The number of fused-ring (bicyclic) bond motifs is 1. The second kappa shape index (κ2) is 5.85. The fourth-order valence-corrected chi connectivity index (χ4v) is 3.52. The number of rotatable bonds is 3. The van der Waals surface area contributed by atoms with Gasteiger partial charge in [0.25, 0.3) is 5.69 Å². The van der Waals surface area contributed by atoms with Gasteiger partial charge in [-0.3, -0.25) is 14.9 Å². The number of carbonyl (C=O) groups is 2. The molecule has 3 atom stereocenters. The Hall–Kier alpha value is -2.94. The summed E-state index contributed by atoms with van der Waals surface area (Å²) in [6.45, 7) is 1.21. The van der Waals surface area contributed by atoms with Gasteiger partial charge in [-0.15, -0.1) is 0 Å². The highest BCUT2D eigenvalue weighted by Gasteiger charge is 2.59. The normalized spacial score (nSPS) is 28.0. The smallest absolute Gasteiger partial charge is 0.336 e. The number of nitro groups is 1. The number of aliphatic hydroxyl groups is 1. The van der Waals surface area contributed by atoms with E-state index in [0.29, 0.717) is 0 Å². The van der Waals surface area contributed by atoms with Crippen LogP contribution in [-0.2, 0) is 19.1 Å². The van der Waals surface area contributed by atoms with Crippen molar-refractivity contribution in [3.8, 4) is 0 Å². The molecule has 9 heteroatoms. The molecule has 25 heavy (non-hydrogen) atoms. The molecular weight excluding hydrogens is 332 g/mol. The molecule has 2 heterocycles. The first kappa shape index (κ1) is 16.9. The summed E-state index contributed by atoms with van der Waals surface area (Å²) in [5.41, 5.74) is -1.56. The third kappa shape index (κ3) is 2.52. The molecule has 0 spiro atoms. The van der Waals surface area contributed by atoms with E-state index >= 15 is 0 Å². The Bertz CT molecular complexity index is 803. The number of methoxy groups -OCH3 is 1. The van der Waals surface area contributed by atoms with E-state index in [0.717, 1.165) is 0 Å². The van der Waals surface area contributed by atoms with Gasteiger partial charge in [0.05, 0.1) is 17.6 Å². The fraction of sp³-hybridized carbons (Fsp3) is 0.375. The third-order valence-electron chi connectivity index (χ3n) is 4.53. The molecular formula is C16H16N2O7. The minimum absolute atomic E-state index is 0.0466. The van der Waals surface area contributed by atoms with Gasteiger partial charge in [0.2, 0.25) is 0 Å². The Labute approximate surface area is 142 Å². The summed E-state index contributed by atoms with van der Waals surface area (Å²) in [5, 5.41) is 24.9. The predicted octanol–water partition coefficient (Wildman–Crippen LogP) is 0.590. The Morgan fingerprint density at radius 2 is 2.16 bits per heavy atom. The second-order valence-electron chi connectivity index (χ2n) is 5.96. The molecule has 2 aliphatic rings. The van der Waals surface area contributed by atoms with Crippen LogP contribution in [0.3, 0.4) is 0 Å². The van der Waals surface area contributed by atoms with Gasteiger partial charge in [-0.2, -0.15) is 0 Å². The Balaban J connectivity index is 2.28. The lowest BCUT2D eigenvalue weighted by molar-refractivity contribution is -0.385. The van der Waals surface area contributed by atoms with Crippen molar-refractivity contribution in [2.75, 3.05) is 13.7 Å². The maximum atomic E-state index is 12.3. The summed E-state index contributed by atoms with van der Waals surface area (Å²) < 4.78 is 9.75. The number of cyclic esters (lactones) is 1. The van der Waals surface area contributed by atoms with Crippen molar-refractivity contribution in [1.82, 2.24) is 5.32 Å². The zero-order chi connectivity index (χ0) is 18.4. The molecule has 0 bridgehead atoms. The van der Waals surface area contributed by atoms with Crippen LogP contribution in [0.5, 0.6) is 0 Å². The molecule has 1 aromatic carbocycles. The van der Waals surface area contributed by atoms with Crippen LogP contribution in [-0.4, -0.2) is 41.4 Å². The van der Waals surface area contributed by atoms with Crippen molar-refractivity contribution in [1.29, 1.82) is 0 Å². The van der Waals surface area contributed by atoms with Crippen LogP contribution < -0.4 is 5.32 Å². The van der Waals surface area contributed by atoms with E-state index in [4.69, 9.17) is 9.47 Å². The third-order valence-corrected chi connectivity index (χ3v) is 4.53. The molecule has 0 radical (unpaired) electrons. The molecule has 1 aromatic rings. The van der Waals surface area contributed by atoms with Gasteiger partial charge in [-0.05, 0) is 6.92 Å². The highest BCUT2D eigenvalue weighted by molar-refractivity contribution is 5.94. The van der Waals surface area contributed by atoms with E-state index < -0.39 is 34.4 Å². The number of allylic oxidation sites excluding steroid dienone is 1. The van der Waals surface area contributed by atoms with Gasteiger partial charge in [0, 0.05) is 23.2 Å². The van der Waals surface area contributed by atoms with E-state index in [1.165, 1.54) is 32.2 Å². The van der Waals surface area contributed by atoms with E-state index in [1.807, 2.05) is 0 Å². The first-order chi connectivity index (χ1) is 11.8. The molecule has 3 unspecified atom stereocenters. The van der Waals surface area contributed by atoms with Crippen LogP contribution in [0.1, 0.15) is 18.4 Å². The van der Waals surface area contributed by atoms with Crippen molar-refractivity contribution in [3.63, 3.8) is 0 Å². The Morgan fingerprint density at radius 1 is 1.48 bits per heavy atom. The summed E-state index contributed by atoms with van der Waals surface area (Å²) in [7, 11) is 1.17. The van der Waals surface area contributed by atoms with E-state index in [-0.39, 0.29) is 29.1 Å². The van der Waals surface area contributed by atoms with Gasteiger partial charge >= 0.3 is 11.9 Å². The van der Waals surface area contributed by atoms with E-state index in [1.54, 1.807) is 6.07 Å². The molecule has 2 aliphatic heterocycles. The lowest BCUT2D eigenvalue weighted by Gasteiger charge is -2.39. The topological polar surface area (TPSA) is 128 Å². The standard InChI is InChI=1S/C16H16N2O7/c1-8-11(14(19)24-2)12(9-5-3-4-6-10(9)18(22)23)13-15(20)25-7-16(13,21)17-8/h3-6,12-13,17,21H,7H2,1-2H3. The highest BCUT2D eigenvalue weighted by Crippen LogP contribution is 2.48. The summed E-state index contributed by atoms with van der Waals surface area (Å²) in [5.74, 6) is -3.77. The monoisotopic (exact) mass is 348 g/mol. The number of esters is 2. The highest BCUT2D eigenvalue weighted by atomic mass is 16.6. The number of para-hydroxylation sites is 1. The number of nitrogens with one attached hydrogen (secondary N) is 1. The van der Waals surface area contributed by atoms with Gasteiger partial charge in [0.1, 0.15) is 12.5 Å². The number of ether oxygens (including phenoxy) is 2. The lowest BCUT2D eigenvalue weighted by Crippen LogP contribution is -2.57. The van der Waals surface area contributed by atoms with E-state index in [9.17, 15) is 24.8 Å². The average Bonchev–Trinajstić information content (AvgIpc) is 2.87. The number of hydrogen-bond donors (Lipinski definition) is 2. The minimum atomic E-state index is -1.76. The molecule has 1 saturated heterocycles. The number of nitro benzene ring substituents is 1. The Kier molecular flexibility index (Phi) is 3.96. The van der Waals surface area contributed by atoms with Gasteiger partial charge < -0.3 is 19.9 Å². The molecule has 9 nitrogen and oxygen atoms in total.